The molecule has 0 spiro atoms. The van der Waals surface area contributed by atoms with Gasteiger partial charge in [0, 0.05) is 43.0 Å². The SMILES string of the molecule is CC(NC(=NCC(=O)N(C)C)NC1C2CCOC2C1(C)C)c1cccs1.I. The van der Waals surface area contributed by atoms with E-state index in [-0.39, 0.29) is 47.9 Å². The molecule has 8 heteroatoms. The number of ether oxygens (including phenoxy) is 1. The molecule has 27 heavy (non-hydrogen) atoms. The third kappa shape index (κ3) is 4.76. The number of fused-ring (bicyclic) bond motifs is 1. The van der Waals surface area contributed by atoms with E-state index in [1.807, 2.05) is 6.07 Å². The average Bonchev–Trinajstić information content (AvgIpc) is 3.26. The maximum Gasteiger partial charge on any atom is 0.243 e. The van der Waals surface area contributed by atoms with Crippen molar-refractivity contribution < 1.29 is 9.53 Å². The van der Waals surface area contributed by atoms with Crippen LogP contribution in [0.3, 0.4) is 0 Å². The fourth-order valence-electron chi connectivity index (χ4n) is 4.00. The first-order valence-corrected chi connectivity index (χ1v) is 10.1. The molecular formula is C19H31IN4O2S. The lowest BCUT2D eigenvalue weighted by molar-refractivity contribution is -0.127. The predicted molar refractivity (Wildman–Crippen MR) is 121 cm³/mol. The molecule has 1 aromatic rings. The number of guanidine groups is 1. The molecule has 1 aliphatic heterocycles. The zero-order chi connectivity index (χ0) is 18.9. The fraction of sp³-hybridized carbons (Fsp3) is 0.684. The monoisotopic (exact) mass is 506 g/mol. The van der Waals surface area contributed by atoms with Crippen molar-refractivity contribution in [2.45, 2.75) is 45.4 Å². The molecule has 0 aromatic carbocycles. The lowest BCUT2D eigenvalue weighted by atomic mass is 9.57. The van der Waals surface area contributed by atoms with Crippen LogP contribution in [0.25, 0.3) is 0 Å². The van der Waals surface area contributed by atoms with E-state index in [2.05, 4.69) is 47.8 Å². The van der Waals surface area contributed by atoms with E-state index in [0.717, 1.165) is 13.0 Å². The summed E-state index contributed by atoms with van der Waals surface area (Å²) >= 11 is 1.72. The number of thiophene rings is 1. The average molecular weight is 506 g/mol. The van der Waals surface area contributed by atoms with E-state index in [9.17, 15) is 4.79 Å². The Balaban J connectivity index is 0.00000261. The molecule has 0 bridgehead atoms. The topological polar surface area (TPSA) is 66.0 Å². The molecule has 152 valence electrons. The highest BCUT2D eigenvalue weighted by Gasteiger charge is 2.59. The van der Waals surface area contributed by atoms with Gasteiger partial charge in [0.25, 0.3) is 0 Å². The first-order valence-electron chi connectivity index (χ1n) is 9.23. The van der Waals surface area contributed by atoms with Crippen LogP contribution in [-0.2, 0) is 9.53 Å². The number of halogens is 1. The van der Waals surface area contributed by atoms with Gasteiger partial charge in [0.05, 0.1) is 12.1 Å². The van der Waals surface area contributed by atoms with Crippen LogP contribution in [0.4, 0.5) is 0 Å². The van der Waals surface area contributed by atoms with Gasteiger partial charge in [-0.3, -0.25) is 4.79 Å². The minimum Gasteiger partial charge on any atom is -0.377 e. The van der Waals surface area contributed by atoms with Crippen LogP contribution in [0, 0.1) is 11.3 Å². The lowest BCUT2D eigenvalue weighted by Gasteiger charge is -2.55. The molecule has 1 amide bonds. The van der Waals surface area contributed by atoms with E-state index >= 15 is 0 Å². The van der Waals surface area contributed by atoms with Gasteiger partial charge in [-0.05, 0) is 24.8 Å². The minimum absolute atomic E-state index is 0. The largest absolute Gasteiger partial charge is 0.377 e. The Bertz CT molecular complexity index is 663. The van der Waals surface area contributed by atoms with Crippen LogP contribution in [0.5, 0.6) is 0 Å². The number of nitrogens with zero attached hydrogens (tertiary/aromatic N) is 2. The molecule has 2 heterocycles. The number of aliphatic imine (C=N–C) groups is 1. The van der Waals surface area contributed by atoms with Crippen LogP contribution in [0.2, 0.25) is 0 Å². The second-order valence-electron chi connectivity index (χ2n) is 8.02. The summed E-state index contributed by atoms with van der Waals surface area (Å²) in [7, 11) is 3.50. The van der Waals surface area contributed by atoms with Gasteiger partial charge in [-0.2, -0.15) is 0 Å². The summed E-state index contributed by atoms with van der Waals surface area (Å²) in [4.78, 5) is 19.4. The van der Waals surface area contributed by atoms with Gasteiger partial charge in [-0.15, -0.1) is 35.3 Å². The number of hydrogen-bond acceptors (Lipinski definition) is 4. The van der Waals surface area contributed by atoms with Crippen molar-refractivity contribution in [1.82, 2.24) is 15.5 Å². The minimum atomic E-state index is -0.00942. The maximum atomic E-state index is 12.0. The molecule has 4 atom stereocenters. The molecule has 3 rings (SSSR count). The normalized spacial score (nSPS) is 27.0. The van der Waals surface area contributed by atoms with E-state index < -0.39 is 0 Å². The highest BCUT2D eigenvalue weighted by Crippen LogP contribution is 2.52. The number of hydrogen-bond donors (Lipinski definition) is 2. The quantitative estimate of drug-likeness (QED) is 0.366. The van der Waals surface area contributed by atoms with Crippen molar-refractivity contribution in [2.24, 2.45) is 16.3 Å². The molecule has 2 fully saturated rings. The van der Waals surface area contributed by atoms with Gasteiger partial charge in [-0.25, -0.2) is 4.99 Å². The second-order valence-corrected chi connectivity index (χ2v) is 9.00. The Labute approximate surface area is 183 Å². The van der Waals surface area contributed by atoms with E-state index in [1.54, 1.807) is 30.3 Å². The summed E-state index contributed by atoms with van der Waals surface area (Å²) in [6.45, 7) is 7.56. The molecule has 1 aliphatic carbocycles. The molecule has 2 aliphatic rings. The summed E-state index contributed by atoms with van der Waals surface area (Å²) in [5.74, 6) is 1.20. The van der Waals surface area contributed by atoms with Crippen LogP contribution < -0.4 is 10.6 Å². The molecule has 1 saturated carbocycles. The molecule has 0 radical (unpaired) electrons. The van der Waals surface area contributed by atoms with Crippen LogP contribution in [0.1, 0.15) is 38.1 Å². The second kappa shape index (κ2) is 9.09. The van der Waals surface area contributed by atoms with Gasteiger partial charge >= 0.3 is 0 Å². The molecule has 4 unspecified atom stereocenters. The Morgan fingerprint density at radius 3 is 2.85 bits per heavy atom. The maximum absolute atomic E-state index is 12.0. The number of carbonyl (C=O) groups is 1. The highest BCUT2D eigenvalue weighted by molar-refractivity contribution is 14.0. The molecular weight excluding hydrogens is 475 g/mol. The lowest BCUT2D eigenvalue weighted by Crippen LogP contribution is -2.68. The van der Waals surface area contributed by atoms with Crippen molar-refractivity contribution in [3.05, 3.63) is 22.4 Å². The summed E-state index contributed by atoms with van der Waals surface area (Å²) in [5.41, 5.74) is 0.0569. The standard InChI is InChI=1S/C19H30N4O2S.HI/c1-12(14-7-6-10-26-14)21-18(20-11-15(24)23(4)5)22-16-13-8-9-25-17(13)19(16,2)3;/h6-7,10,12-13,16-17H,8-9,11H2,1-5H3,(H2,20,21,22);1H. The summed E-state index contributed by atoms with van der Waals surface area (Å²) in [5, 5.41) is 9.14. The first kappa shape index (κ1) is 22.4. The first-order chi connectivity index (χ1) is 12.3. The Morgan fingerprint density at radius 1 is 1.48 bits per heavy atom. The van der Waals surface area contributed by atoms with Crippen molar-refractivity contribution >= 4 is 47.2 Å². The summed E-state index contributed by atoms with van der Waals surface area (Å²) in [6, 6.07) is 4.59. The van der Waals surface area contributed by atoms with Crippen LogP contribution >= 0.6 is 35.3 Å². The number of carbonyl (C=O) groups excluding carboxylic acids is 1. The van der Waals surface area contributed by atoms with Crippen LogP contribution in [-0.4, -0.2) is 56.2 Å². The van der Waals surface area contributed by atoms with Crippen molar-refractivity contribution in [3.63, 3.8) is 0 Å². The van der Waals surface area contributed by atoms with Gasteiger partial charge in [0.15, 0.2) is 5.96 Å². The summed E-state index contributed by atoms with van der Waals surface area (Å²) in [6.07, 6.45) is 1.40. The third-order valence-electron chi connectivity index (χ3n) is 5.59. The van der Waals surface area contributed by atoms with Gasteiger partial charge in [0.1, 0.15) is 6.54 Å². The number of amides is 1. The van der Waals surface area contributed by atoms with Crippen molar-refractivity contribution in [3.8, 4) is 0 Å². The number of likely N-dealkylation sites (N-methyl/N-ethyl adjacent to an activating group) is 1. The fourth-order valence-corrected chi connectivity index (χ4v) is 4.73. The van der Waals surface area contributed by atoms with Gasteiger partial charge in [-0.1, -0.05) is 19.9 Å². The Hall–Kier alpha value is -0.870. The molecule has 6 nitrogen and oxygen atoms in total. The van der Waals surface area contributed by atoms with Crippen molar-refractivity contribution in [1.29, 1.82) is 0 Å². The Kier molecular flexibility index (Phi) is 7.54. The highest BCUT2D eigenvalue weighted by atomic mass is 127. The molecule has 1 saturated heterocycles. The Morgan fingerprint density at radius 2 is 2.22 bits per heavy atom. The molecule has 1 aromatic heterocycles. The number of rotatable bonds is 5. The van der Waals surface area contributed by atoms with Gasteiger partial charge in [0.2, 0.25) is 5.91 Å². The zero-order valence-corrected chi connectivity index (χ0v) is 19.8. The van der Waals surface area contributed by atoms with Crippen LogP contribution in [0.15, 0.2) is 22.5 Å². The summed E-state index contributed by atoms with van der Waals surface area (Å²) < 4.78 is 5.89. The zero-order valence-electron chi connectivity index (χ0n) is 16.7. The van der Waals surface area contributed by atoms with E-state index in [4.69, 9.17) is 4.74 Å². The smallest absolute Gasteiger partial charge is 0.243 e. The van der Waals surface area contributed by atoms with Crippen molar-refractivity contribution in [2.75, 3.05) is 27.2 Å². The molecule has 2 N–H and O–H groups in total. The third-order valence-corrected chi connectivity index (χ3v) is 6.64. The predicted octanol–water partition coefficient (Wildman–Crippen LogP) is 2.86. The van der Waals surface area contributed by atoms with Gasteiger partial charge < -0.3 is 20.3 Å². The number of nitrogens with one attached hydrogen (secondary N) is 2. The van der Waals surface area contributed by atoms with E-state index in [0.29, 0.717) is 24.0 Å². The van der Waals surface area contributed by atoms with E-state index in [1.165, 1.54) is 4.88 Å².